The molecule has 0 radical (unpaired) electrons. The molecule has 0 unspecified atom stereocenters. The van der Waals surface area contributed by atoms with E-state index >= 15 is 0 Å². The molecule has 0 spiro atoms. The number of rotatable bonds is 5. The average Bonchev–Trinajstić information content (AvgIpc) is 3.35. The Morgan fingerprint density at radius 3 is 1.83 bits per heavy atom. The number of thiazole rings is 1. The number of anilines is 3. The van der Waals surface area contributed by atoms with Crippen molar-refractivity contribution in [3.8, 4) is 17.3 Å². The van der Waals surface area contributed by atoms with Crippen LogP contribution in [0.3, 0.4) is 0 Å². The number of nitrogens with zero attached hydrogens (tertiary/aromatic N) is 4. The van der Waals surface area contributed by atoms with Gasteiger partial charge in [0, 0.05) is 22.6 Å². The van der Waals surface area contributed by atoms with Gasteiger partial charge in [-0.15, -0.1) is 11.3 Å². The van der Waals surface area contributed by atoms with Gasteiger partial charge in [-0.2, -0.15) is 0 Å². The Balaban J connectivity index is 1.60. The predicted molar refractivity (Wildman–Crippen MR) is 147 cm³/mol. The Labute approximate surface area is 213 Å². The largest absolute Gasteiger partial charge is 0.311 e. The Morgan fingerprint density at radius 2 is 1.31 bits per heavy atom. The van der Waals surface area contributed by atoms with E-state index in [9.17, 15) is 5.26 Å². The van der Waals surface area contributed by atoms with Gasteiger partial charge >= 0.3 is 0 Å². The lowest BCUT2D eigenvalue weighted by atomic mass is 10.1. The van der Waals surface area contributed by atoms with Gasteiger partial charge in [-0.1, -0.05) is 78.9 Å². The number of nitriles is 1. The first-order valence-electron chi connectivity index (χ1n) is 11.3. The molecule has 0 fully saturated rings. The van der Waals surface area contributed by atoms with Gasteiger partial charge in [0.15, 0.2) is 0 Å². The summed E-state index contributed by atoms with van der Waals surface area (Å²) in [6.07, 6.45) is 2.06. The Kier molecular flexibility index (Phi) is 6.67. The Hall–Kier alpha value is -4.97. The minimum atomic E-state index is 0.00791. The van der Waals surface area contributed by atoms with Gasteiger partial charge in [-0.3, -0.25) is 0 Å². The number of para-hydroxylation sites is 2. The van der Waals surface area contributed by atoms with Gasteiger partial charge in [0.25, 0.3) is 5.70 Å². The third-order valence-electron chi connectivity index (χ3n) is 5.60. The highest BCUT2D eigenvalue weighted by Gasteiger charge is 2.12. The lowest BCUT2D eigenvalue weighted by molar-refractivity contribution is 1.28. The molecule has 0 saturated heterocycles. The topological polar surface area (TPSA) is 44.3 Å². The summed E-state index contributed by atoms with van der Waals surface area (Å²) < 4.78 is 1.34. The minimum absolute atomic E-state index is 0.00791. The van der Waals surface area contributed by atoms with Crippen molar-refractivity contribution in [2.45, 2.75) is 0 Å². The summed E-state index contributed by atoms with van der Waals surface area (Å²) in [7, 11) is 0. The second-order valence-corrected chi connectivity index (χ2v) is 8.94. The summed E-state index contributed by atoms with van der Waals surface area (Å²) in [4.78, 5) is 10.2. The van der Waals surface area contributed by atoms with Crippen LogP contribution in [0.1, 0.15) is 5.56 Å². The van der Waals surface area contributed by atoms with E-state index in [-0.39, 0.29) is 5.70 Å². The fraction of sp³-hybridized carbons (Fsp3) is 0. The lowest BCUT2D eigenvalue weighted by Gasteiger charge is -2.25. The van der Waals surface area contributed by atoms with Crippen molar-refractivity contribution in [2.24, 2.45) is 0 Å². The van der Waals surface area contributed by atoms with Gasteiger partial charge in [0.05, 0.1) is 22.9 Å². The predicted octanol–water partition coefficient (Wildman–Crippen LogP) is 6.66. The van der Waals surface area contributed by atoms with E-state index in [0.717, 1.165) is 38.4 Å². The molecule has 1 heterocycles. The van der Waals surface area contributed by atoms with Crippen LogP contribution in [0.4, 0.5) is 17.1 Å². The van der Waals surface area contributed by atoms with Gasteiger partial charge in [-0.05, 0) is 48.0 Å². The fourth-order valence-electron chi connectivity index (χ4n) is 3.93. The van der Waals surface area contributed by atoms with Crippen LogP contribution in [-0.4, -0.2) is 4.98 Å². The van der Waals surface area contributed by atoms with E-state index in [1.807, 2.05) is 72.8 Å². The van der Waals surface area contributed by atoms with E-state index < -0.39 is 0 Å². The van der Waals surface area contributed by atoms with Gasteiger partial charge < -0.3 is 4.90 Å². The zero-order valence-corrected chi connectivity index (χ0v) is 20.1. The number of hydrogen-bond donors (Lipinski definition) is 0. The highest BCUT2D eigenvalue weighted by atomic mass is 32.1. The monoisotopic (exact) mass is 480 g/mol. The molecule has 36 heavy (non-hydrogen) atoms. The first kappa shape index (κ1) is 22.8. The fourth-order valence-corrected chi connectivity index (χ4v) is 4.92. The molecule has 4 aromatic carbocycles. The van der Waals surface area contributed by atoms with Crippen molar-refractivity contribution in [3.05, 3.63) is 141 Å². The standard InChI is InChI=1S/C31H20N4S/c1-33-28(22-32)31-34-30(24-11-5-2-6-12-24)29(36-31)21-23-17-19-27(20-18-23)35(25-13-7-3-8-14-25)26-15-9-4-10-16-26/h2-21H/b29-21-,31-28-. The van der Waals surface area contributed by atoms with Crippen LogP contribution in [0.2, 0.25) is 0 Å². The van der Waals surface area contributed by atoms with E-state index in [1.54, 1.807) is 0 Å². The number of benzene rings is 4. The van der Waals surface area contributed by atoms with Crippen LogP contribution in [-0.2, 0) is 0 Å². The zero-order chi connectivity index (χ0) is 24.7. The molecule has 5 rings (SSSR count). The molecule has 170 valence electrons. The van der Waals surface area contributed by atoms with E-state index in [0.29, 0.717) is 4.66 Å². The molecule has 5 heteroatoms. The summed E-state index contributed by atoms with van der Waals surface area (Å²) in [5.74, 6) is 0. The third kappa shape index (κ3) is 4.79. The molecular weight excluding hydrogens is 460 g/mol. The lowest BCUT2D eigenvalue weighted by Crippen LogP contribution is -2.09. The van der Waals surface area contributed by atoms with Crippen molar-refractivity contribution in [3.63, 3.8) is 0 Å². The molecule has 0 N–H and O–H groups in total. The smallest absolute Gasteiger partial charge is 0.296 e. The van der Waals surface area contributed by atoms with Gasteiger partial charge in [0.2, 0.25) is 0 Å². The van der Waals surface area contributed by atoms with Crippen molar-refractivity contribution in [2.75, 3.05) is 4.90 Å². The van der Waals surface area contributed by atoms with E-state index in [4.69, 9.17) is 6.57 Å². The molecular formula is C31H20N4S. The summed E-state index contributed by atoms with van der Waals surface area (Å²) in [6.45, 7) is 7.33. The molecule has 0 amide bonds. The number of aromatic nitrogens is 1. The average molecular weight is 481 g/mol. The maximum Gasteiger partial charge on any atom is 0.296 e. The van der Waals surface area contributed by atoms with Crippen molar-refractivity contribution < 1.29 is 0 Å². The van der Waals surface area contributed by atoms with Crippen LogP contribution in [0.15, 0.2) is 115 Å². The normalized spacial score (nSPS) is 11.9. The molecule has 0 saturated carbocycles. The maximum absolute atomic E-state index is 9.36. The second-order valence-electron chi connectivity index (χ2n) is 7.91. The summed E-state index contributed by atoms with van der Waals surface area (Å²) in [6, 6.07) is 40.7. The first-order valence-corrected chi connectivity index (χ1v) is 12.1. The molecule has 0 aliphatic rings. The minimum Gasteiger partial charge on any atom is -0.311 e. The Bertz CT molecular complexity index is 1620. The molecule has 4 nitrogen and oxygen atoms in total. The second kappa shape index (κ2) is 10.5. The van der Waals surface area contributed by atoms with E-state index in [1.165, 1.54) is 11.3 Å². The summed E-state index contributed by atoms with van der Waals surface area (Å²) in [5, 5.41) is 9.36. The molecule has 5 aromatic rings. The third-order valence-corrected chi connectivity index (χ3v) is 6.61. The van der Waals surface area contributed by atoms with Crippen LogP contribution < -0.4 is 14.1 Å². The molecule has 1 aromatic heterocycles. The Morgan fingerprint density at radius 1 is 0.778 bits per heavy atom. The molecule has 0 atom stereocenters. The van der Waals surface area contributed by atoms with Crippen LogP contribution in [0, 0.1) is 17.9 Å². The zero-order valence-electron chi connectivity index (χ0n) is 19.2. The highest BCUT2D eigenvalue weighted by molar-refractivity contribution is 7.08. The maximum atomic E-state index is 9.36. The SMILES string of the molecule is [C-]#[N+]/C(C#N)=c1/nc(-c2ccccc2)/c(=C/c2ccc(N(c3ccccc3)c3ccccc3)cc2)s1. The summed E-state index contributed by atoms with van der Waals surface area (Å²) >= 11 is 1.36. The van der Waals surface area contributed by atoms with Crippen molar-refractivity contribution >= 4 is 40.2 Å². The van der Waals surface area contributed by atoms with Crippen LogP contribution >= 0.6 is 11.3 Å². The molecule has 0 aliphatic carbocycles. The van der Waals surface area contributed by atoms with Gasteiger partial charge in [0.1, 0.15) is 4.66 Å². The highest BCUT2D eigenvalue weighted by Crippen LogP contribution is 2.34. The van der Waals surface area contributed by atoms with Gasteiger partial charge in [-0.25, -0.2) is 15.1 Å². The van der Waals surface area contributed by atoms with E-state index in [2.05, 4.69) is 69.3 Å². The quantitative estimate of drug-likeness (QED) is 0.264. The van der Waals surface area contributed by atoms with Crippen molar-refractivity contribution in [1.82, 2.24) is 4.98 Å². The number of hydrogen-bond acceptors (Lipinski definition) is 4. The molecule has 0 aliphatic heterocycles. The van der Waals surface area contributed by atoms with Crippen LogP contribution in [0.25, 0.3) is 27.9 Å². The summed E-state index contributed by atoms with van der Waals surface area (Å²) in [5.41, 5.74) is 5.94. The molecule has 0 bridgehead atoms. The van der Waals surface area contributed by atoms with Crippen molar-refractivity contribution in [1.29, 1.82) is 5.26 Å². The van der Waals surface area contributed by atoms with Crippen LogP contribution in [0.5, 0.6) is 0 Å². The first-order chi connectivity index (χ1) is 17.8.